The lowest BCUT2D eigenvalue weighted by Crippen LogP contribution is -2.31. The van der Waals surface area contributed by atoms with E-state index in [9.17, 15) is 4.79 Å². The van der Waals surface area contributed by atoms with Crippen molar-refractivity contribution in [1.82, 2.24) is 25.0 Å². The molecular weight excluding hydrogens is 402 g/mol. The number of ether oxygens (including phenoxy) is 1. The van der Waals surface area contributed by atoms with Crippen LogP contribution in [0.15, 0.2) is 48.5 Å². The third-order valence-corrected chi connectivity index (χ3v) is 5.67. The van der Waals surface area contributed by atoms with E-state index in [1.165, 1.54) is 16.7 Å². The number of hydrogen-bond acceptors (Lipinski definition) is 5. The quantitative estimate of drug-likeness (QED) is 0.591. The molecule has 4 rings (SSSR count). The molecule has 0 bridgehead atoms. The van der Waals surface area contributed by atoms with Gasteiger partial charge >= 0.3 is 0 Å². The fourth-order valence-corrected chi connectivity index (χ4v) is 4.22. The lowest BCUT2D eigenvalue weighted by molar-refractivity contribution is -0.123. The summed E-state index contributed by atoms with van der Waals surface area (Å²) in [5.74, 6) is 2.51. The molecule has 0 saturated carbocycles. The molecule has 0 saturated heterocycles. The van der Waals surface area contributed by atoms with Crippen molar-refractivity contribution in [3.05, 3.63) is 76.9 Å². The molecule has 1 N–H and O–H groups in total. The molecule has 3 aromatic rings. The summed E-state index contributed by atoms with van der Waals surface area (Å²) in [6.07, 6.45) is 1.54. The van der Waals surface area contributed by atoms with Crippen molar-refractivity contribution >= 4 is 5.91 Å². The third kappa shape index (κ3) is 5.95. The number of nitrogens with one attached hydrogen (secondary N) is 1. The SMILES string of the molecule is Cc1cc(C)cc(CN2CCc3nnc(CCNC(=O)COc4ccccc4)n3CC2)c1. The highest BCUT2D eigenvalue weighted by Gasteiger charge is 2.19. The zero-order valence-electron chi connectivity index (χ0n) is 18.9. The van der Waals surface area contributed by atoms with E-state index in [0.29, 0.717) is 18.7 Å². The summed E-state index contributed by atoms with van der Waals surface area (Å²) in [6.45, 7) is 8.58. The molecule has 1 aromatic heterocycles. The van der Waals surface area contributed by atoms with E-state index in [1.807, 2.05) is 30.3 Å². The Bertz CT molecular complexity index is 1030. The van der Waals surface area contributed by atoms with Crippen LogP contribution in [0.1, 0.15) is 28.3 Å². The molecule has 0 radical (unpaired) electrons. The van der Waals surface area contributed by atoms with E-state index < -0.39 is 0 Å². The van der Waals surface area contributed by atoms with Crippen molar-refractivity contribution in [2.45, 2.75) is 39.8 Å². The maximum absolute atomic E-state index is 12.1. The Balaban J connectivity index is 1.25. The van der Waals surface area contributed by atoms with Crippen LogP contribution in [0.25, 0.3) is 0 Å². The van der Waals surface area contributed by atoms with Crippen LogP contribution in [0.5, 0.6) is 5.75 Å². The molecule has 0 aliphatic carbocycles. The van der Waals surface area contributed by atoms with Crippen LogP contribution in [0, 0.1) is 13.8 Å². The summed E-state index contributed by atoms with van der Waals surface area (Å²) in [6, 6.07) is 16.1. The molecule has 2 heterocycles. The van der Waals surface area contributed by atoms with Crippen LogP contribution >= 0.6 is 0 Å². The Hall–Kier alpha value is -3.19. The van der Waals surface area contributed by atoms with Crippen molar-refractivity contribution in [3.8, 4) is 5.75 Å². The molecule has 0 spiro atoms. The first kappa shape index (κ1) is 22.0. The molecule has 168 valence electrons. The molecule has 0 unspecified atom stereocenters. The van der Waals surface area contributed by atoms with Gasteiger partial charge in [-0.2, -0.15) is 0 Å². The van der Waals surface area contributed by atoms with Gasteiger partial charge in [0.2, 0.25) is 0 Å². The predicted molar refractivity (Wildman–Crippen MR) is 124 cm³/mol. The number of carbonyl (C=O) groups excluding carboxylic acids is 1. The number of hydrogen-bond donors (Lipinski definition) is 1. The Morgan fingerprint density at radius 1 is 1.03 bits per heavy atom. The molecule has 1 aliphatic rings. The fourth-order valence-electron chi connectivity index (χ4n) is 4.22. The van der Waals surface area contributed by atoms with Crippen LogP contribution in [-0.2, 0) is 30.7 Å². The zero-order chi connectivity index (χ0) is 22.3. The number of benzene rings is 2. The summed E-state index contributed by atoms with van der Waals surface area (Å²) in [5.41, 5.74) is 3.98. The normalized spacial score (nSPS) is 13.9. The summed E-state index contributed by atoms with van der Waals surface area (Å²) < 4.78 is 7.70. The minimum absolute atomic E-state index is 0.00927. The van der Waals surface area contributed by atoms with Gasteiger partial charge in [0.05, 0.1) is 0 Å². The van der Waals surface area contributed by atoms with E-state index in [2.05, 4.69) is 57.0 Å². The lowest BCUT2D eigenvalue weighted by Gasteiger charge is -2.20. The van der Waals surface area contributed by atoms with Gasteiger partial charge in [-0.25, -0.2) is 0 Å². The highest BCUT2D eigenvalue weighted by molar-refractivity contribution is 5.77. The highest BCUT2D eigenvalue weighted by atomic mass is 16.5. The van der Waals surface area contributed by atoms with Gasteiger partial charge in [-0.1, -0.05) is 47.5 Å². The first-order valence-electron chi connectivity index (χ1n) is 11.2. The number of amides is 1. The first-order valence-corrected chi connectivity index (χ1v) is 11.2. The molecule has 2 aromatic carbocycles. The first-order chi connectivity index (χ1) is 15.6. The average molecular weight is 434 g/mol. The monoisotopic (exact) mass is 433 g/mol. The van der Waals surface area contributed by atoms with Crippen LogP contribution in [0.2, 0.25) is 0 Å². The predicted octanol–water partition coefficient (Wildman–Crippen LogP) is 2.69. The number of fused-ring (bicyclic) bond motifs is 1. The van der Waals surface area contributed by atoms with E-state index >= 15 is 0 Å². The molecule has 7 heteroatoms. The molecule has 32 heavy (non-hydrogen) atoms. The van der Waals surface area contributed by atoms with Crippen LogP contribution in [0.4, 0.5) is 0 Å². The molecular formula is C25H31N5O2. The van der Waals surface area contributed by atoms with Gasteiger partial charge in [0.1, 0.15) is 17.4 Å². The maximum atomic E-state index is 12.1. The largest absolute Gasteiger partial charge is 0.484 e. The molecule has 7 nitrogen and oxygen atoms in total. The molecule has 1 aliphatic heterocycles. The van der Waals surface area contributed by atoms with Crippen LogP contribution in [-0.4, -0.2) is 51.8 Å². The number of rotatable bonds is 8. The van der Waals surface area contributed by atoms with Gasteiger partial charge in [0.15, 0.2) is 6.61 Å². The van der Waals surface area contributed by atoms with Gasteiger partial charge in [-0.3, -0.25) is 9.69 Å². The number of para-hydroxylation sites is 1. The number of nitrogens with zero attached hydrogens (tertiary/aromatic N) is 4. The minimum Gasteiger partial charge on any atom is -0.484 e. The second-order valence-electron chi connectivity index (χ2n) is 8.41. The van der Waals surface area contributed by atoms with E-state index in [1.54, 1.807) is 0 Å². The Labute approximate surface area is 189 Å². The zero-order valence-corrected chi connectivity index (χ0v) is 18.9. The van der Waals surface area contributed by atoms with Crippen molar-refractivity contribution in [1.29, 1.82) is 0 Å². The van der Waals surface area contributed by atoms with Crippen molar-refractivity contribution in [2.24, 2.45) is 0 Å². The van der Waals surface area contributed by atoms with Gasteiger partial charge in [0, 0.05) is 45.6 Å². The third-order valence-electron chi connectivity index (χ3n) is 5.67. The lowest BCUT2D eigenvalue weighted by atomic mass is 10.1. The van der Waals surface area contributed by atoms with Crippen LogP contribution < -0.4 is 10.1 Å². The number of aryl methyl sites for hydroxylation is 2. The molecule has 1 amide bonds. The Morgan fingerprint density at radius 3 is 2.59 bits per heavy atom. The fraction of sp³-hybridized carbons (Fsp3) is 0.400. The standard InChI is InChI=1S/C25H31N5O2/c1-19-14-20(2)16-21(15-19)17-29-11-9-24-28-27-23(30(24)13-12-29)8-10-26-25(31)18-32-22-6-4-3-5-7-22/h3-7,14-16H,8-13,17-18H2,1-2H3,(H,26,31). The van der Waals surface area contributed by atoms with Crippen molar-refractivity contribution < 1.29 is 9.53 Å². The van der Waals surface area contributed by atoms with Gasteiger partial charge in [-0.05, 0) is 31.5 Å². The van der Waals surface area contributed by atoms with Crippen molar-refractivity contribution in [2.75, 3.05) is 26.2 Å². The van der Waals surface area contributed by atoms with E-state index in [-0.39, 0.29) is 12.5 Å². The summed E-state index contributed by atoms with van der Waals surface area (Å²) in [5, 5.41) is 11.7. The van der Waals surface area contributed by atoms with Crippen molar-refractivity contribution in [3.63, 3.8) is 0 Å². The molecule has 0 atom stereocenters. The molecule has 0 fully saturated rings. The topological polar surface area (TPSA) is 72.3 Å². The summed E-state index contributed by atoms with van der Waals surface area (Å²) in [4.78, 5) is 14.5. The van der Waals surface area contributed by atoms with Gasteiger partial charge < -0.3 is 14.6 Å². The Morgan fingerprint density at radius 2 is 1.81 bits per heavy atom. The minimum atomic E-state index is -0.135. The van der Waals surface area contributed by atoms with Gasteiger partial charge in [-0.15, -0.1) is 10.2 Å². The number of aromatic nitrogens is 3. The number of carbonyl (C=O) groups is 1. The smallest absolute Gasteiger partial charge is 0.257 e. The van der Waals surface area contributed by atoms with E-state index in [4.69, 9.17) is 4.74 Å². The summed E-state index contributed by atoms with van der Waals surface area (Å²) in [7, 11) is 0. The average Bonchev–Trinajstić information content (AvgIpc) is 3.04. The second kappa shape index (κ2) is 10.4. The van der Waals surface area contributed by atoms with E-state index in [0.717, 1.165) is 44.2 Å². The highest BCUT2D eigenvalue weighted by Crippen LogP contribution is 2.15. The summed E-state index contributed by atoms with van der Waals surface area (Å²) >= 11 is 0. The second-order valence-corrected chi connectivity index (χ2v) is 8.41. The van der Waals surface area contributed by atoms with Gasteiger partial charge in [0.25, 0.3) is 5.91 Å². The Kier molecular flexibility index (Phi) is 7.17. The van der Waals surface area contributed by atoms with Crippen LogP contribution in [0.3, 0.4) is 0 Å². The maximum Gasteiger partial charge on any atom is 0.257 e.